The lowest BCUT2D eigenvalue weighted by atomic mass is 10.1. The fourth-order valence-corrected chi connectivity index (χ4v) is 2.56. The van der Waals surface area contributed by atoms with Gasteiger partial charge in [-0.1, -0.05) is 13.0 Å². The van der Waals surface area contributed by atoms with Crippen molar-refractivity contribution in [2.45, 2.75) is 19.4 Å². The van der Waals surface area contributed by atoms with Crippen molar-refractivity contribution < 1.29 is 13.2 Å². The summed E-state index contributed by atoms with van der Waals surface area (Å²) in [5, 5.41) is -0.255. The molecule has 0 saturated carbocycles. The quantitative estimate of drug-likeness (QED) is 0.800. The molecule has 2 N–H and O–H groups in total. The molecule has 0 spiro atoms. The zero-order valence-electron chi connectivity index (χ0n) is 12.8. The molecule has 0 saturated heterocycles. The van der Waals surface area contributed by atoms with Crippen LogP contribution in [-0.2, 0) is 0 Å². The Hall–Kier alpha value is -2.67. The molecule has 0 aliphatic rings. The third kappa shape index (κ3) is 2.67. The second kappa shape index (κ2) is 6.09. The van der Waals surface area contributed by atoms with Gasteiger partial charge in [0, 0.05) is 6.07 Å². The third-order valence-electron chi connectivity index (χ3n) is 3.75. The molecule has 0 fully saturated rings. The molecule has 0 bridgehead atoms. The number of nitrogens with zero attached hydrogens (tertiary/aromatic N) is 2. The molecular formula is C17H14F3N3O. The van der Waals surface area contributed by atoms with Crippen LogP contribution in [0.25, 0.3) is 16.6 Å². The molecule has 2 aromatic carbocycles. The zero-order valence-corrected chi connectivity index (χ0v) is 12.8. The second-order valence-corrected chi connectivity index (χ2v) is 5.39. The average Bonchev–Trinajstić information content (AvgIpc) is 2.52. The van der Waals surface area contributed by atoms with Crippen molar-refractivity contribution >= 4 is 10.9 Å². The Kier molecular flexibility index (Phi) is 4.11. The first-order valence-electron chi connectivity index (χ1n) is 7.35. The van der Waals surface area contributed by atoms with Gasteiger partial charge in [0.1, 0.15) is 28.7 Å². The highest BCUT2D eigenvalue weighted by molar-refractivity contribution is 5.78. The summed E-state index contributed by atoms with van der Waals surface area (Å²) in [4.78, 5) is 17.1. The molecule has 3 aromatic rings. The van der Waals surface area contributed by atoms with Crippen molar-refractivity contribution in [3.05, 3.63) is 70.0 Å². The van der Waals surface area contributed by atoms with Crippen LogP contribution in [0.3, 0.4) is 0 Å². The van der Waals surface area contributed by atoms with E-state index >= 15 is 0 Å². The van der Waals surface area contributed by atoms with Crippen molar-refractivity contribution in [3.63, 3.8) is 0 Å². The molecule has 7 heteroatoms. The molecule has 124 valence electrons. The molecule has 0 aliphatic carbocycles. The SMILES string of the molecule is CC[C@H](N)c1nc2cccc(F)c2c(=O)n1-c1cc(F)cc(F)c1. The van der Waals surface area contributed by atoms with Gasteiger partial charge in [-0.2, -0.15) is 0 Å². The van der Waals surface area contributed by atoms with Crippen molar-refractivity contribution in [3.8, 4) is 5.69 Å². The van der Waals surface area contributed by atoms with Gasteiger partial charge in [-0.25, -0.2) is 18.2 Å². The Bertz CT molecular complexity index is 964. The zero-order chi connectivity index (χ0) is 17.4. The number of aromatic nitrogens is 2. The van der Waals surface area contributed by atoms with E-state index in [2.05, 4.69) is 4.98 Å². The maximum Gasteiger partial charge on any atom is 0.269 e. The minimum absolute atomic E-state index is 0.0888. The van der Waals surface area contributed by atoms with E-state index in [9.17, 15) is 18.0 Å². The fourth-order valence-electron chi connectivity index (χ4n) is 2.56. The Balaban J connectivity index is 2.46. The van der Waals surface area contributed by atoms with Crippen LogP contribution in [0, 0.1) is 17.5 Å². The molecule has 1 aromatic heterocycles. The van der Waals surface area contributed by atoms with Gasteiger partial charge in [-0.3, -0.25) is 9.36 Å². The predicted molar refractivity (Wildman–Crippen MR) is 84.4 cm³/mol. The van der Waals surface area contributed by atoms with Gasteiger partial charge in [0.05, 0.1) is 17.2 Å². The number of hydrogen-bond donors (Lipinski definition) is 1. The van der Waals surface area contributed by atoms with Crippen LogP contribution in [0.4, 0.5) is 13.2 Å². The van der Waals surface area contributed by atoms with Crippen molar-refractivity contribution in [1.29, 1.82) is 0 Å². The fraction of sp³-hybridized carbons (Fsp3) is 0.176. The van der Waals surface area contributed by atoms with E-state index in [1.807, 2.05) is 0 Å². The lowest BCUT2D eigenvalue weighted by Crippen LogP contribution is -2.29. The summed E-state index contributed by atoms with van der Waals surface area (Å²) in [6, 6.07) is 6.02. The highest BCUT2D eigenvalue weighted by atomic mass is 19.1. The summed E-state index contributed by atoms with van der Waals surface area (Å²) in [5.41, 5.74) is 5.30. The summed E-state index contributed by atoms with van der Waals surface area (Å²) >= 11 is 0. The van der Waals surface area contributed by atoms with Gasteiger partial charge in [0.2, 0.25) is 0 Å². The van der Waals surface area contributed by atoms with E-state index in [0.717, 1.165) is 22.8 Å². The third-order valence-corrected chi connectivity index (χ3v) is 3.75. The van der Waals surface area contributed by atoms with Gasteiger partial charge in [0.25, 0.3) is 5.56 Å². The molecular weight excluding hydrogens is 319 g/mol. The highest BCUT2D eigenvalue weighted by Gasteiger charge is 2.19. The van der Waals surface area contributed by atoms with Crippen LogP contribution in [0.2, 0.25) is 0 Å². The number of hydrogen-bond acceptors (Lipinski definition) is 3. The molecule has 1 heterocycles. The Morgan fingerprint density at radius 3 is 2.46 bits per heavy atom. The summed E-state index contributed by atoms with van der Waals surface area (Å²) in [5.74, 6) is -2.36. The van der Waals surface area contributed by atoms with E-state index in [1.165, 1.54) is 12.1 Å². The Labute approximate surface area is 135 Å². The topological polar surface area (TPSA) is 60.9 Å². The largest absolute Gasteiger partial charge is 0.321 e. The van der Waals surface area contributed by atoms with Crippen LogP contribution < -0.4 is 11.3 Å². The Morgan fingerprint density at radius 1 is 1.17 bits per heavy atom. The number of benzene rings is 2. The van der Waals surface area contributed by atoms with Gasteiger partial charge < -0.3 is 5.73 Å². The minimum atomic E-state index is -0.860. The summed E-state index contributed by atoms with van der Waals surface area (Å²) in [7, 11) is 0. The lowest BCUT2D eigenvalue weighted by Gasteiger charge is -2.17. The molecule has 0 radical (unpaired) electrons. The van der Waals surface area contributed by atoms with Gasteiger partial charge in [-0.15, -0.1) is 0 Å². The maximum atomic E-state index is 14.1. The first-order valence-corrected chi connectivity index (χ1v) is 7.35. The minimum Gasteiger partial charge on any atom is -0.321 e. The standard InChI is InChI=1S/C17H14F3N3O/c1-2-13(21)16-22-14-5-3-4-12(20)15(14)17(24)23(16)11-7-9(18)6-10(19)8-11/h3-8,13H,2,21H2,1H3/t13-/m0/s1. The lowest BCUT2D eigenvalue weighted by molar-refractivity contribution is 0.576. The Morgan fingerprint density at radius 2 is 1.83 bits per heavy atom. The normalized spacial score (nSPS) is 12.5. The average molecular weight is 333 g/mol. The summed E-state index contributed by atoms with van der Waals surface area (Å²) in [6.45, 7) is 1.78. The number of fused-ring (bicyclic) bond motifs is 1. The molecule has 24 heavy (non-hydrogen) atoms. The van der Waals surface area contributed by atoms with E-state index in [1.54, 1.807) is 6.92 Å². The van der Waals surface area contributed by atoms with Crippen molar-refractivity contribution in [1.82, 2.24) is 9.55 Å². The number of halogens is 3. The molecule has 0 unspecified atom stereocenters. The second-order valence-electron chi connectivity index (χ2n) is 5.39. The monoisotopic (exact) mass is 333 g/mol. The molecule has 0 amide bonds. The smallest absolute Gasteiger partial charge is 0.269 e. The molecule has 0 aliphatic heterocycles. The molecule has 1 atom stereocenters. The summed E-state index contributed by atoms with van der Waals surface area (Å²) < 4.78 is 42.2. The molecule has 3 rings (SSSR count). The summed E-state index contributed by atoms with van der Waals surface area (Å²) in [6.07, 6.45) is 0.436. The van der Waals surface area contributed by atoms with E-state index in [0.29, 0.717) is 12.5 Å². The first kappa shape index (κ1) is 16.2. The van der Waals surface area contributed by atoms with E-state index in [4.69, 9.17) is 5.73 Å². The van der Waals surface area contributed by atoms with Gasteiger partial charge in [0.15, 0.2) is 0 Å². The van der Waals surface area contributed by atoms with Crippen molar-refractivity contribution in [2.75, 3.05) is 0 Å². The van der Waals surface area contributed by atoms with Crippen LogP contribution >= 0.6 is 0 Å². The number of nitrogens with two attached hydrogens (primary N) is 1. The predicted octanol–water partition coefficient (Wildman–Crippen LogP) is 3.21. The van der Waals surface area contributed by atoms with Crippen LogP contribution in [0.15, 0.2) is 41.2 Å². The van der Waals surface area contributed by atoms with Crippen molar-refractivity contribution in [2.24, 2.45) is 5.73 Å². The first-order chi connectivity index (χ1) is 11.4. The van der Waals surface area contributed by atoms with Crippen LogP contribution in [0.1, 0.15) is 25.2 Å². The van der Waals surface area contributed by atoms with E-state index in [-0.39, 0.29) is 22.4 Å². The highest BCUT2D eigenvalue weighted by Crippen LogP contribution is 2.21. The molecule has 4 nitrogen and oxygen atoms in total. The van der Waals surface area contributed by atoms with E-state index < -0.39 is 29.1 Å². The number of rotatable bonds is 3. The van der Waals surface area contributed by atoms with Gasteiger partial charge in [-0.05, 0) is 30.7 Å². The van der Waals surface area contributed by atoms with Crippen LogP contribution in [-0.4, -0.2) is 9.55 Å². The van der Waals surface area contributed by atoms with Crippen LogP contribution in [0.5, 0.6) is 0 Å². The maximum absolute atomic E-state index is 14.1. The van der Waals surface area contributed by atoms with Gasteiger partial charge >= 0.3 is 0 Å².